The molecule has 0 amide bonds. The van der Waals surface area contributed by atoms with Gasteiger partial charge in [0.1, 0.15) is 0 Å². The fourth-order valence-corrected chi connectivity index (χ4v) is 4.81. The zero-order valence-corrected chi connectivity index (χ0v) is 19.9. The van der Waals surface area contributed by atoms with E-state index in [0.29, 0.717) is 11.5 Å². The average Bonchev–Trinajstić information content (AvgIpc) is 2.82. The molecular formula is C28H30F3N3. The summed E-state index contributed by atoms with van der Waals surface area (Å²) in [6.45, 7) is 8.32. The molecule has 3 aromatic rings. The largest absolute Gasteiger partial charge is 0.417 e. The highest BCUT2D eigenvalue weighted by atomic mass is 19.4. The van der Waals surface area contributed by atoms with Crippen LogP contribution >= 0.6 is 0 Å². The predicted molar refractivity (Wildman–Crippen MR) is 133 cm³/mol. The maximum atomic E-state index is 13.7. The van der Waals surface area contributed by atoms with Crippen LogP contribution in [0.5, 0.6) is 0 Å². The smallest absolute Gasteiger partial charge is 0.338 e. The Labute approximate surface area is 199 Å². The van der Waals surface area contributed by atoms with Gasteiger partial charge < -0.3 is 10.2 Å². The number of para-hydroxylation sites is 2. The van der Waals surface area contributed by atoms with Crippen LogP contribution in [-0.4, -0.2) is 11.0 Å². The summed E-state index contributed by atoms with van der Waals surface area (Å²) in [5, 5.41) is 3.40. The quantitative estimate of drug-likeness (QED) is 0.394. The van der Waals surface area contributed by atoms with E-state index in [2.05, 4.69) is 42.4 Å². The van der Waals surface area contributed by atoms with E-state index < -0.39 is 11.7 Å². The normalized spacial score (nSPS) is 18.4. The first-order chi connectivity index (χ1) is 16.2. The number of allylic oxidation sites excluding steroid dienone is 1. The highest BCUT2D eigenvalue weighted by Crippen LogP contribution is 2.44. The van der Waals surface area contributed by atoms with Crippen molar-refractivity contribution in [3.8, 4) is 0 Å². The van der Waals surface area contributed by atoms with Crippen LogP contribution in [0.2, 0.25) is 0 Å². The van der Waals surface area contributed by atoms with Crippen LogP contribution in [-0.2, 0) is 11.6 Å². The van der Waals surface area contributed by atoms with Crippen molar-refractivity contribution >= 4 is 22.9 Å². The third kappa shape index (κ3) is 4.29. The number of nitrogens with zero attached hydrogens (tertiary/aromatic N) is 2. The second-order valence-corrected chi connectivity index (χ2v) is 8.88. The summed E-state index contributed by atoms with van der Waals surface area (Å²) in [5.41, 5.74) is 3.18. The van der Waals surface area contributed by atoms with E-state index in [-0.39, 0.29) is 11.5 Å². The summed E-state index contributed by atoms with van der Waals surface area (Å²) in [6, 6.07) is 16.7. The van der Waals surface area contributed by atoms with E-state index in [4.69, 9.17) is 0 Å². The number of rotatable bonds is 3. The van der Waals surface area contributed by atoms with Crippen molar-refractivity contribution in [3.63, 3.8) is 0 Å². The van der Waals surface area contributed by atoms with Gasteiger partial charge in [-0.05, 0) is 56.0 Å². The van der Waals surface area contributed by atoms with Gasteiger partial charge in [0.25, 0.3) is 0 Å². The van der Waals surface area contributed by atoms with Crippen molar-refractivity contribution in [2.75, 3.05) is 10.2 Å². The fraction of sp³-hybridized carbons (Fsp3) is 0.321. The Hall–Kier alpha value is -3.28. The highest BCUT2D eigenvalue weighted by Gasteiger charge is 2.35. The third-order valence-electron chi connectivity index (χ3n) is 6.91. The lowest BCUT2D eigenvalue weighted by molar-refractivity contribution is -0.137. The van der Waals surface area contributed by atoms with Crippen molar-refractivity contribution < 1.29 is 13.2 Å². The van der Waals surface area contributed by atoms with Gasteiger partial charge >= 0.3 is 6.18 Å². The van der Waals surface area contributed by atoms with Crippen LogP contribution in [0.3, 0.4) is 0 Å². The second-order valence-electron chi connectivity index (χ2n) is 8.88. The fourth-order valence-electron chi connectivity index (χ4n) is 4.81. The van der Waals surface area contributed by atoms with Gasteiger partial charge in [0.05, 0.1) is 11.3 Å². The second kappa shape index (κ2) is 9.16. The first-order valence-corrected chi connectivity index (χ1v) is 11.7. The maximum Gasteiger partial charge on any atom is 0.417 e. The SMILES string of the molecule is CCC1(CC)/C=C\C(C)N(c2ccccc2C)c2cc(C(F)(F)F)cnc2Nc2ccccc21. The molecule has 0 saturated heterocycles. The number of alkyl halides is 3. The Bertz CT molecular complexity index is 1200. The molecule has 0 bridgehead atoms. The van der Waals surface area contributed by atoms with E-state index in [1.807, 2.05) is 61.2 Å². The standard InChI is InChI=1S/C28H30F3N3/c1-5-27(6-2)16-15-20(4)34(24-14-10-7-11-19(24)3)25-17-21(28(29,30)31)18-32-26(25)33-23-13-9-8-12-22(23)27/h7-18,20H,5-6H2,1-4H3,(H,32,33)/b16-15-. The van der Waals surface area contributed by atoms with Crippen LogP contribution in [0.4, 0.5) is 36.1 Å². The molecule has 0 fully saturated rings. The minimum atomic E-state index is -4.49. The van der Waals surface area contributed by atoms with Gasteiger partial charge in [0.15, 0.2) is 5.82 Å². The number of pyridine rings is 1. The number of aryl methyl sites for hydroxylation is 1. The Morgan fingerprint density at radius 1 is 1.00 bits per heavy atom. The minimum Gasteiger partial charge on any atom is -0.338 e. The molecule has 0 radical (unpaired) electrons. The number of hydrogen-bond acceptors (Lipinski definition) is 3. The molecule has 34 heavy (non-hydrogen) atoms. The van der Waals surface area contributed by atoms with Gasteiger partial charge in [0.2, 0.25) is 0 Å². The monoisotopic (exact) mass is 465 g/mol. The average molecular weight is 466 g/mol. The summed E-state index contributed by atoms with van der Waals surface area (Å²) in [7, 11) is 0. The van der Waals surface area contributed by atoms with Gasteiger partial charge in [-0.2, -0.15) is 13.2 Å². The van der Waals surface area contributed by atoms with Crippen molar-refractivity contribution in [1.29, 1.82) is 0 Å². The van der Waals surface area contributed by atoms with Gasteiger partial charge in [-0.15, -0.1) is 0 Å². The zero-order chi connectivity index (χ0) is 24.5. The topological polar surface area (TPSA) is 28.2 Å². The molecule has 1 aliphatic heterocycles. The van der Waals surface area contributed by atoms with Crippen LogP contribution < -0.4 is 10.2 Å². The van der Waals surface area contributed by atoms with Crippen molar-refractivity contribution in [2.45, 2.75) is 58.2 Å². The van der Waals surface area contributed by atoms with Crippen LogP contribution in [0, 0.1) is 6.92 Å². The van der Waals surface area contributed by atoms with Crippen LogP contribution in [0.1, 0.15) is 50.3 Å². The van der Waals surface area contributed by atoms with Crippen molar-refractivity contribution in [3.05, 3.63) is 89.6 Å². The van der Waals surface area contributed by atoms with Gasteiger partial charge in [-0.25, -0.2) is 4.98 Å². The molecule has 2 heterocycles. The number of anilines is 4. The summed E-state index contributed by atoms with van der Waals surface area (Å²) in [6.07, 6.45) is 2.54. The maximum absolute atomic E-state index is 13.7. The van der Waals surface area contributed by atoms with Gasteiger partial charge in [0, 0.05) is 29.0 Å². The Morgan fingerprint density at radius 3 is 2.35 bits per heavy atom. The van der Waals surface area contributed by atoms with Crippen molar-refractivity contribution in [1.82, 2.24) is 4.98 Å². The molecule has 0 spiro atoms. The predicted octanol–water partition coefficient (Wildman–Crippen LogP) is 8.31. The third-order valence-corrected chi connectivity index (χ3v) is 6.91. The molecule has 1 atom stereocenters. The lowest BCUT2D eigenvalue weighted by atomic mass is 9.74. The Kier molecular flexibility index (Phi) is 6.43. The number of hydrogen-bond donors (Lipinski definition) is 1. The number of aromatic nitrogens is 1. The molecule has 2 aromatic carbocycles. The molecule has 1 unspecified atom stereocenters. The molecule has 0 saturated carbocycles. The first-order valence-electron chi connectivity index (χ1n) is 11.7. The number of benzene rings is 2. The molecule has 1 aromatic heterocycles. The van der Waals surface area contributed by atoms with E-state index in [1.54, 1.807) is 0 Å². The minimum absolute atomic E-state index is 0.210. The molecule has 6 heteroatoms. The van der Waals surface area contributed by atoms with E-state index >= 15 is 0 Å². The van der Waals surface area contributed by atoms with E-state index in [1.165, 1.54) is 6.07 Å². The van der Waals surface area contributed by atoms with Gasteiger partial charge in [-0.3, -0.25) is 0 Å². The molecule has 1 N–H and O–H groups in total. The summed E-state index contributed by atoms with van der Waals surface area (Å²) >= 11 is 0. The van der Waals surface area contributed by atoms with Crippen LogP contribution in [0.15, 0.2) is 72.9 Å². The molecular weight excluding hydrogens is 435 g/mol. The number of halogens is 3. The highest BCUT2D eigenvalue weighted by molar-refractivity contribution is 5.81. The molecule has 3 nitrogen and oxygen atoms in total. The lowest BCUT2D eigenvalue weighted by Gasteiger charge is -2.37. The van der Waals surface area contributed by atoms with Crippen LogP contribution in [0.25, 0.3) is 0 Å². The van der Waals surface area contributed by atoms with E-state index in [9.17, 15) is 13.2 Å². The van der Waals surface area contributed by atoms with E-state index in [0.717, 1.165) is 41.5 Å². The lowest BCUT2D eigenvalue weighted by Crippen LogP contribution is -2.31. The molecule has 4 rings (SSSR count). The summed E-state index contributed by atoms with van der Waals surface area (Å²) < 4.78 is 41.2. The summed E-state index contributed by atoms with van der Waals surface area (Å²) in [5.74, 6) is 0.395. The molecule has 1 aliphatic rings. The molecule has 0 aliphatic carbocycles. The Morgan fingerprint density at radius 2 is 1.68 bits per heavy atom. The number of fused-ring (bicyclic) bond motifs is 2. The zero-order valence-electron chi connectivity index (χ0n) is 19.9. The first kappa shape index (κ1) is 23.9. The number of nitrogens with one attached hydrogen (secondary N) is 1. The summed E-state index contributed by atoms with van der Waals surface area (Å²) in [4.78, 5) is 6.25. The molecule has 178 valence electrons. The van der Waals surface area contributed by atoms with Gasteiger partial charge in [-0.1, -0.05) is 62.4 Å². The van der Waals surface area contributed by atoms with Crippen molar-refractivity contribution in [2.24, 2.45) is 0 Å². The Balaban J connectivity index is 2.03.